The molecule has 0 amide bonds. The van der Waals surface area contributed by atoms with Crippen molar-refractivity contribution in [3.8, 4) is 0 Å². The van der Waals surface area contributed by atoms with Crippen LogP contribution in [0.1, 0.15) is 0 Å². The number of hydrogen-bond donors (Lipinski definition) is 0. The fourth-order valence-corrected chi connectivity index (χ4v) is 1.08. The minimum Gasteiger partial charge on any atom is -0.263 e. The molecule has 0 unspecified atom stereocenters. The van der Waals surface area contributed by atoms with Crippen LogP contribution in [0.4, 0.5) is 0 Å². The second-order valence-corrected chi connectivity index (χ2v) is 2.36. The summed E-state index contributed by atoms with van der Waals surface area (Å²) in [6, 6.07) is 0. The maximum atomic E-state index is 4.27. The number of rotatable bonds is 0. The molecule has 2 aliphatic heterocycles. The van der Waals surface area contributed by atoms with E-state index >= 15 is 0 Å². The first kappa shape index (κ1) is 5.68. The van der Waals surface area contributed by atoms with Crippen LogP contribution in [-0.4, -0.2) is 29.6 Å². The Balaban J connectivity index is 2.30. The molecule has 0 saturated carbocycles. The van der Waals surface area contributed by atoms with Gasteiger partial charge in [0.25, 0.3) is 0 Å². The predicted octanol–water partition coefficient (Wildman–Crippen LogP) is 0.588. The lowest BCUT2D eigenvalue weighted by Gasteiger charge is -2.22. The number of nitrogens with zero attached hydrogens (tertiary/aromatic N) is 3. The average molecular weight is 135 g/mol. The molecule has 0 aromatic heterocycles. The van der Waals surface area contributed by atoms with Crippen molar-refractivity contribution in [2.75, 3.05) is 13.7 Å². The van der Waals surface area contributed by atoms with E-state index in [4.69, 9.17) is 0 Å². The van der Waals surface area contributed by atoms with E-state index in [9.17, 15) is 0 Å². The lowest BCUT2D eigenvalue weighted by atomic mass is 10.4. The number of hydrogen-bond acceptors (Lipinski definition) is 3. The first-order chi connectivity index (χ1) is 4.88. The standard InChI is InChI=1S/C7H9N3/c1-9-6-8-7-4-2-3-5-10(7)9/h2-5H,6H2,1H3. The highest BCUT2D eigenvalue weighted by molar-refractivity contribution is 5.95. The topological polar surface area (TPSA) is 18.8 Å². The fourth-order valence-electron chi connectivity index (χ4n) is 1.08. The van der Waals surface area contributed by atoms with Crippen LogP contribution in [0.5, 0.6) is 0 Å². The molecule has 2 rings (SSSR count). The summed E-state index contributed by atoms with van der Waals surface area (Å²) in [6.07, 6.45) is 8.00. The summed E-state index contributed by atoms with van der Waals surface area (Å²) >= 11 is 0. The summed E-state index contributed by atoms with van der Waals surface area (Å²) in [4.78, 5) is 4.27. The molecule has 0 spiro atoms. The van der Waals surface area contributed by atoms with E-state index in [2.05, 4.69) is 10.0 Å². The van der Waals surface area contributed by atoms with Crippen LogP contribution < -0.4 is 0 Å². The molecule has 10 heavy (non-hydrogen) atoms. The Morgan fingerprint density at radius 1 is 1.50 bits per heavy atom. The van der Waals surface area contributed by atoms with Crippen molar-refractivity contribution in [2.24, 2.45) is 4.99 Å². The molecule has 52 valence electrons. The van der Waals surface area contributed by atoms with Crippen molar-refractivity contribution in [3.63, 3.8) is 0 Å². The van der Waals surface area contributed by atoms with Gasteiger partial charge in [0.05, 0.1) is 0 Å². The van der Waals surface area contributed by atoms with Crippen molar-refractivity contribution in [1.29, 1.82) is 0 Å². The molecular formula is C7H9N3. The zero-order valence-electron chi connectivity index (χ0n) is 5.86. The second kappa shape index (κ2) is 1.95. The van der Waals surface area contributed by atoms with Crippen LogP contribution in [0.15, 0.2) is 29.4 Å². The average Bonchev–Trinajstić information content (AvgIpc) is 2.34. The van der Waals surface area contributed by atoms with Crippen LogP contribution in [0, 0.1) is 0 Å². The number of fused-ring (bicyclic) bond motifs is 1. The fraction of sp³-hybridized carbons (Fsp3) is 0.286. The lowest BCUT2D eigenvalue weighted by Crippen LogP contribution is -2.33. The van der Waals surface area contributed by atoms with Crippen molar-refractivity contribution < 1.29 is 0 Å². The minimum atomic E-state index is 0.768. The number of hydrazine groups is 1. The third-order valence-corrected chi connectivity index (χ3v) is 1.62. The largest absolute Gasteiger partial charge is 0.263 e. The van der Waals surface area contributed by atoms with Crippen molar-refractivity contribution in [3.05, 3.63) is 24.4 Å². The van der Waals surface area contributed by atoms with Crippen molar-refractivity contribution >= 4 is 5.84 Å². The second-order valence-electron chi connectivity index (χ2n) is 2.36. The summed E-state index contributed by atoms with van der Waals surface area (Å²) in [7, 11) is 2.01. The van der Waals surface area contributed by atoms with Gasteiger partial charge in [0.15, 0.2) is 0 Å². The van der Waals surface area contributed by atoms with E-state index in [0.29, 0.717) is 0 Å². The van der Waals surface area contributed by atoms with Gasteiger partial charge in [-0.2, -0.15) is 5.01 Å². The maximum Gasteiger partial charge on any atom is 0.143 e. The van der Waals surface area contributed by atoms with Crippen LogP contribution in [0.25, 0.3) is 0 Å². The van der Waals surface area contributed by atoms with E-state index < -0.39 is 0 Å². The van der Waals surface area contributed by atoms with Crippen molar-refractivity contribution in [2.45, 2.75) is 0 Å². The van der Waals surface area contributed by atoms with Gasteiger partial charge < -0.3 is 0 Å². The molecule has 0 fully saturated rings. The molecule has 0 aromatic rings. The summed E-state index contributed by atoms with van der Waals surface area (Å²) in [5, 5.41) is 4.08. The normalized spacial score (nSPS) is 23.3. The molecule has 2 aliphatic rings. The summed E-state index contributed by atoms with van der Waals surface area (Å²) in [5.41, 5.74) is 0. The highest BCUT2D eigenvalue weighted by Gasteiger charge is 2.18. The molecule has 0 radical (unpaired) electrons. The van der Waals surface area contributed by atoms with Gasteiger partial charge in [-0.15, -0.1) is 0 Å². The van der Waals surface area contributed by atoms with E-state index in [1.165, 1.54) is 0 Å². The number of amidine groups is 1. The smallest absolute Gasteiger partial charge is 0.143 e. The Morgan fingerprint density at radius 2 is 2.40 bits per heavy atom. The first-order valence-electron chi connectivity index (χ1n) is 3.27. The Kier molecular flexibility index (Phi) is 1.11. The van der Waals surface area contributed by atoms with Gasteiger partial charge in [0, 0.05) is 13.2 Å². The monoisotopic (exact) mass is 135 g/mol. The molecule has 0 bridgehead atoms. The number of aliphatic imine (C=N–C) groups is 1. The van der Waals surface area contributed by atoms with E-state index in [-0.39, 0.29) is 0 Å². The molecular weight excluding hydrogens is 126 g/mol. The SMILES string of the molecule is CN1CN=C2C=CC=CN21. The zero-order valence-corrected chi connectivity index (χ0v) is 5.86. The molecule has 3 nitrogen and oxygen atoms in total. The van der Waals surface area contributed by atoms with Gasteiger partial charge in [-0.25, -0.2) is 4.99 Å². The van der Waals surface area contributed by atoms with E-state index in [1.54, 1.807) is 0 Å². The summed E-state index contributed by atoms with van der Waals surface area (Å²) in [5.74, 6) is 1.03. The lowest BCUT2D eigenvalue weighted by molar-refractivity contribution is 0.160. The molecule has 0 aromatic carbocycles. The van der Waals surface area contributed by atoms with E-state index in [0.717, 1.165) is 12.5 Å². The minimum absolute atomic E-state index is 0.768. The molecule has 0 N–H and O–H groups in total. The van der Waals surface area contributed by atoms with Gasteiger partial charge in [0.2, 0.25) is 0 Å². The number of allylic oxidation sites excluding steroid dienone is 2. The highest BCUT2D eigenvalue weighted by atomic mass is 15.7. The molecule has 0 aliphatic carbocycles. The molecule has 0 atom stereocenters. The van der Waals surface area contributed by atoms with Crippen LogP contribution >= 0.6 is 0 Å². The molecule has 2 heterocycles. The van der Waals surface area contributed by atoms with Gasteiger partial charge in [0.1, 0.15) is 12.5 Å². The van der Waals surface area contributed by atoms with Crippen molar-refractivity contribution in [1.82, 2.24) is 10.0 Å². The third kappa shape index (κ3) is 0.675. The van der Waals surface area contributed by atoms with Gasteiger partial charge in [-0.05, 0) is 12.2 Å². The molecule has 3 heteroatoms. The Bertz CT molecular complexity index is 227. The summed E-state index contributed by atoms with van der Waals surface area (Å²) < 4.78 is 0. The van der Waals surface area contributed by atoms with E-state index in [1.807, 2.05) is 36.5 Å². The van der Waals surface area contributed by atoms with Gasteiger partial charge >= 0.3 is 0 Å². The van der Waals surface area contributed by atoms with Crippen LogP contribution in [0.2, 0.25) is 0 Å². The third-order valence-electron chi connectivity index (χ3n) is 1.62. The quantitative estimate of drug-likeness (QED) is 0.484. The van der Waals surface area contributed by atoms with Crippen LogP contribution in [0.3, 0.4) is 0 Å². The Labute approximate surface area is 59.9 Å². The zero-order chi connectivity index (χ0) is 6.97. The highest BCUT2D eigenvalue weighted by Crippen LogP contribution is 2.10. The Hall–Kier alpha value is -1.09. The van der Waals surface area contributed by atoms with Gasteiger partial charge in [-0.1, -0.05) is 6.08 Å². The maximum absolute atomic E-state index is 4.27. The Morgan fingerprint density at radius 3 is 3.20 bits per heavy atom. The van der Waals surface area contributed by atoms with Crippen LogP contribution in [-0.2, 0) is 0 Å². The molecule has 0 saturated heterocycles. The predicted molar refractivity (Wildman–Crippen MR) is 40.2 cm³/mol. The first-order valence-corrected chi connectivity index (χ1v) is 3.27. The summed E-state index contributed by atoms with van der Waals surface area (Å²) in [6.45, 7) is 0.768. The van der Waals surface area contributed by atoms with Gasteiger partial charge in [-0.3, -0.25) is 5.01 Å².